The van der Waals surface area contributed by atoms with Crippen LogP contribution < -0.4 is 5.32 Å². The van der Waals surface area contributed by atoms with Gasteiger partial charge >= 0.3 is 0 Å². The molecule has 0 radical (unpaired) electrons. The van der Waals surface area contributed by atoms with Crippen LogP contribution in [0, 0.1) is 5.92 Å². The standard InChI is InChI=1S/C23H38N4O/c1-4-24-23(26(3)13-9-20-11-15-28-16-12-20)25-17-19(2)27-14-10-21-7-5-6-8-22(21)18-27/h5-8,19-20H,4,9-18H2,1-3H3,(H,24,25). The summed E-state index contributed by atoms with van der Waals surface area (Å²) in [5, 5.41) is 3.48. The lowest BCUT2D eigenvalue weighted by molar-refractivity contribution is 0.0625. The molecule has 1 aromatic rings. The Hall–Kier alpha value is -1.59. The summed E-state index contributed by atoms with van der Waals surface area (Å²) < 4.78 is 5.48. The van der Waals surface area contributed by atoms with E-state index >= 15 is 0 Å². The van der Waals surface area contributed by atoms with Crippen LogP contribution in [-0.4, -0.2) is 68.2 Å². The second-order valence-corrected chi connectivity index (χ2v) is 8.30. The number of guanidine groups is 1. The molecule has 0 amide bonds. The zero-order chi connectivity index (χ0) is 19.8. The Morgan fingerprint density at radius 2 is 2.04 bits per heavy atom. The number of aliphatic imine (C=N–C) groups is 1. The van der Waals surface area contributed by atoms with Gasteiger partial charge in [0.05, 0.1) is 6.54 Å². The van der Waals surface area contributed by atoms with Gasteiger partial charge in [-0.3, -0.25) is 9.89 Å². The Morgan fingerprint density at radius 3 is 2.79 bits per heavy atom. The fourth-order valence-electron chi connectivity index (χ4n) is 4.21. The summed E-state index contributed by atoms with van der Waals surface area (Å²) >= 11 is 0. The van der Waals surface area contributed by atoms with Gasteiger partial charge in [0, 0.05) is 52.5 Å². The average molecular weight is 387 g/mol. The van der Waals surface area contributed by atoms with Gasteiger partial charge in [0.15, 0.2) is 5.96 Å². The molecule has 0 aromatic heterocycles. The van der Waals surface area contributed by atoms with Crippen molar-refractivity contribution in [2.75, 3.05) is 46.4 Å². The van der Waals surface area contributed by atoms with E-state index in [2.05, 4.69) is 60.3 Å². The van der Waals surface area contributed by atoms with Crippen LogP contribution in [0.15, 0.2) is 29.3 Å². The molecule has 5 heteroatoms. The summed E-state index contributed by atoms with van der Waals surface area (Å²) in [5.74, 6) is 1.84. The molecule has 2 aliphatic rings. The predicted octanol–water partition coefficient (Wildman–Crippen LogP) is 3.15. The van der Waals surface area contributed by atoms with Crippen LogP contribution in [0.5, 0.6) is 0 Å². The molecule has 1 fully saturated rings. The maximum atomic E-state index is 5.48. The summed E-state index contributed by atoms with van der Waals surface area (Å²) in [4.78, 5) is 9.84. The van der Waals surface area contributed by atoms with Crippen LogP contribution in [0.4, 0.5) is 0 Å². The van der Waals surface area contributed by atoms with E-state index in [0.717, 1.165) is 64.2 Å². The number of benzene rings is 1. The van der Waals surface area contributed by atoms with Gasteiger partial charge < -0.3 is 15.0 Å². The van der Waals surface area contributed by atoms with E-state index in [0.29, 0.717) is 6.04 Å². The lowest BCUT2D eigenvalue weighted by atomic mass is 9.96. The van der Waals surface area contributed by atoms with Crippen LogP contribution in [0.2, 0.25) is 0 Å². The highest BCUT2D eigenvalue weighted by atomic mass is 16.5. The molecule has 1 atom stereocenters. The highest BCUT2D eigenvalue weighted by molar-refractivity contribution is 5.79. The number of rotatable bonds is 7. The van der Waals surface area contributed by atoms with Gasteiger partial charge in [-0.15, -0.1) is 0 Å². The van der Waals surface area contributed by atoms with E-state index in [-0.39, 0.29) is 0 Å². The van der Waals surface area contributed by atoms with Crippen LogP contribution >= 0.6 is 0 Å². The summed E-state index contributed by atoms with van der Waals surface area (Å²) in [6.07, 6.45) is 4.78. The van der Waals surface area contributed by atoms with Crippen molar-refractivity contribution in [3.63, 3.8) is 0 Å². The number of hydrogen-bond acceptors (Lipinski definition) is 3. The van der Waals surface area contributed by atoms with Gasteiger partial charge in [-0.05, 0) is 56.6 Å². The second kappa shape index (κ2) is 10.8. The molecule has 156 valence electrons. The SMILES string of the molecule is CCNC(=NCC(C)N1CCc2ccccc2C1)N(C)CCC1CCOCC1. The maximum Gasteiger partial charge on any atom is 0.193 e. The summed E-state index contributed by atoms with van der Waals surface area (Å²) in [6, 6.07) is 9.30. The van der Waals surface area contributed by atoms with E-state index in [1.807, 2.05) is 0 Å². The van der Waals surface area contributed by atoms with Crippen molar-refractivity contribution in [2.24, 2.45) is 10.9 Å². The zero-order valence-corrected chi connectivity index (χ0v) is 18.0. The van der Waals surface area contributed by atoms with E-state index in [4.69, 9.17) is 9.73 Å². The van der Waals surface area contributed by atoms with Gasteiger partial charge in [-0.25, -0.2) is 0 Å². The lowest BCUT2D eigenvalue weighted by Gasteiger charge is -2.33. The minimum atomic E-state index is 0.450. The van der Waals surface area contributed by atoms with Crippen LogP contribution in [0.25, 0.3) is 0 Å². The molecule has 1 N–H and O–H groups in total. The number of fused-ring (bicyclic) bond motifs is 1. The normalized spacial score (nSPS) is 19.9. The molecular formula is C23H38N4O. The zero-order valence-electron chi connectivity index (χ0n) is 18.0. The first-order valence-electron chi connectivity index (χ1n) is 11.1. The minimum Gasteiger partial charge on any atom is -0.381 e. The highest BCUT2D eigenvalue weighted by Gasteiger charge is 2.21. The first kappa shape index (κ1) is 21.1. The van der Waals surface area contributed by atoms with Gasteiger partial charge in [-0.1, -0.05) is 24.3 Å². The molecule has 28 heavy (non-hydrogen) atoms. The molecule has 5 nitrogen and oxygen atoms in total. The smallest absolute Gasteiger partial charge is 0.193 e. The van der Waals surface area contributed by atoms with E-state index in [1.54, 1.807) is 0 Å². The molecule has 2 aliphatic heterocycles. The quantitative estimate of drug-likeness (QED) is 0.577. The Kier molecular flexibility index (Phi) is 8.16. The van der Waals surface area contributed by atoms with Crippen molar-refractivity contribution in [3.05, 3.63) is 35.4 Å². The predicted molar refractivity (Wildman–Crippen MR) is 117 cm³/mol. The largest absolute Gasteiger partial charge is 0.381 e. The Balaban J connectivity index is 1.51. The molecule has 3 rings (SSSR count). The summed E-state index contributed by atoms with van der Waals surface area (Å²) in [7, 11) is 2.17. The number of nitrogens with one attached hydrogen (secondary N) is 1. The summed E-state index contributed by atoms with van der Waals surface area (Å²) in [6.45, 7) is 11.3. The summed E-state index contributed by atoms with van der Waals surface area (Å²) in [5.41, 5.74) is 2.99. The third kappa shape index (κ3) is 5.95. The van der Waals surface area contributed by atoms with Gasteiger partial charge in [0.25, 0.3) is 0 Å². The van der Waals surface area contributed by atoms with Crippen molar-refractivity contribution < 1.29 is 4.74 Å². The third-order valence-corrected chi connectivity index (χ3v) is 6.20. The first-order chi connectivity index (χ1) is 13.7. The Morgan fingerprint density at radius 1 is 1.29 bits per heavy atom. The van der Waals surface area contributed by atoms with Gasteiger partial charge in [0.2, 0.25) is 0 Å². The van der Waals surface area contributed by atoms with Crippen molar-refractivity contribution in [1.82, 2.24) is 15.1 Å². The van der Waals surface area contributed by atoms with E-state index in [9.17, 15) is 0 Å². The van der Waals surface area contributed by atoms with Crippen LogP contribution in [0.3, 0.4) is 0 Å². The fraction of sp³-hybridized carbons (Fsp3) is 0.696. The highest BCUT2D eigenvalue weighted by Crippen LogP contribution is 2.21. The average Bonchev–Trinajstić information content (AvgIpc) is 2.75. The maximum absolute atomic E-state index is 5.48. The van der Waals surface area contributed by atoms with E-state index < -0.39 is 0 Å². The Labute approximate surface area is 171 Å². The molecule has 0 aliphatic carbocycles. The molecule has 1 aromatic carbocycles. The lowest BCUT2D eigenvalue weighted by Crippen LogP contribution is -2.42. The fourth-order valence-corrected chi connectivity index (χ4v) is 4.21. The number of hydrogen-bond donors (Lipinski definition) is 1. The van der Waals surface area contributed by atoms with Crippen molar-refractivity contribution in [3.8, 4) is 0 Å². The molecule has 0 spiro atoms. The third-order valence-electron chi connectivity index (χ3n) is 6.20. The topological polar surface area (TPSA) is 40.1 Å². The van der Waals surface area contributed by atoms with Crippen molar-refractivity contribution in [2.45, 2.75) is 52.1 Å². The van der Waals surface area contributed by atoms with Gasteiger partial charge in [0.1, 0.15) is 0 Å². The minimum absolute atomic E-state index is 0.450. The van der Waals surface area contributed by atoms with Crippen LogP contribution in [-0.2, 0) is 17.7 Å². The molecule has 2 heterocycles. The van der Waals surface area contributed by atoms with Gasteiger partial charge in [-0.2, -0.15) is 0 Å². The molecule has 0 saturated carbocycles. The first-order valence-corrected chi connectivity index (χ1v) is 11.1. The molecule has 1 saturated heterocycles. The van der Waals surface area contributed by atoms with Crippen molar-refractivity contribution >= 4 is 5.96 Å². The molecule has 0 bridgehead atoms. The molecular weight excluding hydrogens is 348 g/mol. The van der Waals surface area contributed by atoms with Crippen LogP contribution in [0.1, 0.15) is 44.2 Å². The molecule has 1 unspecified atom stereocenters. The number of nitrogens with zero attached hydrogens (tertiary/aromatic N) is 3. The second-order valence-electron chi connectivity index (χ2n) is 8.30. The monoisotopic (exact) mass is 386 g/mol. The van der Waals surface area contributed by atoms with Crippen molar-refractivity contribution in [1.29, 1.82) is 0 Å². The Bertz CT molecular complexity index is 627. The van der Waals surface area contributed by atoms with E-state index in [1.165, 1.54) is 30.4 Å². The number of ether oxygens (including phenoxy) is 1.